The fourth-order valence-corrected chi connectivity index (χ4v) is 2.77. The second-order valence-electron chi connectivity index (χ2n) is 4.79. The molecule has 1 heterocycles. The topological polar surface area (TPSA) is 79.3 Å². The van der Waals surface area contributed by atoms with Gasteiger partial charge >= 0.3 is 5.97 Å². The van der Waals surface area contributed by atoms with Crippen LogP contribution in [0.5, 0.6) is 0 Å². The fraction of sp³-hybridized carbons (Fsp3) is 0.267. The Balaban J connectivity index is 2.20. The van der Waals surface area contributed by atoms with Crippen molar-refractivity contribution in [3.05, 3.63) is 45.4 Å². The highest BCUT2D eigenvalue weighted by molar-refractivity contribution is 7.13. The minimum absolute atomic E-state index is 0.224. The van der Waals surface area contributed by atoms with Crippen LogP contribution in [0.15, 0.2) is 24.3 Å². The maximum atomic E-state index is 12.2. The Bertz CT molecular complexity index is 694. The first kappa shape index (κ1) is 15.2. The number of amides is 1. The molecule has 0 saturated heterocycles. The van der Waals surface area contributed by atoms with Crippen molar-refractivity contribution in [1.82, 2.24) is 4.98 Å². The molecule has 2 rings (SSSR count). The fourth-order valence-electron chi connectivity index (χ4n) is 1.96. The van der Waals surface area contributed by atoms with Crippen LogP contribution in [0, 0.1) is 13.8 Å². The van der Waals surface area contributed by atoms with Crippen LogP contribution in [0.2, 0.25) is 0 Å². The van der Waals surface area contributed by atoms with E-state index in [9.17, 15) is 9.59 Å². The first-order valence-electron chi connectivity index (χ1n) is 6.46. The van der Waals surface area contributed by atoms with Gasteiger partial charge in [0.05, 0.1) is 16.6 Å². The van der Waals surface area contributed by atoms with Crippen LogP contribution in [0.1, 0.15) is 38.8 Å². The van der Waals surface area contributed by atoms with Crippen molar-refractivity contribution >= 4 is 28.9 Å². The van der Waals surface area contributed by atoms with Gasteiger partial charge in [-0.15, -0.1) is 11.3 Å². The number of anilines is 1. The number of carbonyl (C=O) groups excluding carboxylic acids is 1. The van der Waals surface area contributed by atoms with Crippen molar-refractivity contribution in [2.75, 3.05) is 5.32 Å². The Kier molecular flexibility index (Phi) is 4.37. The largest absolute Gasteiger partial charge is 0.481 e. The van der Waals surface area contributed by atoms with Gasteiger partial charge in [-0.3, -0.25) is 9.59 Å². The number of thiazole rings is 1. The monoisotopic (exact) mass is 304 g/mol. The number of carbonyl (C=O) groups is 2. The zero-order valence-electron chi connectivity index (χ0n) is 12.0. The number of hydrogen-bond donors (Lipinski definition) is 2. The Morgan fingerprint density at radius 1 is 1.33 bits per heavy atom. The van der Waals surface area contributed by atoms with Gasteiger partial charge in [0, 0.05) is 5.69 Å². The van der Waals surface area contributed by atoms with Crippen molar-refractivity contribution in [2.45, 2.75) is 26.7 Å². The van der Waals surface area contributed by atoms with Crippen LogP contribution in [0.4, 0.5) is 5.69 Å². The molecule has 0 aliphatic carbocycles. The lowest BCUT2D eigenvalue weighted by Gasteiger charge is -2.09. The van der Waals surface area contributed by atoms with Gasteiger partial charge in [-0.1, -0.05) is 12.1 Å². The van der Waals surface area contributed by atoms with Crippen molar-refractivity contribution in [1.29, 1.82) is 0 Å². The van der Waals surface area contributed by atoms with E-state index in [-0.39, 0.29) is 5.91 Å². The van der Waals surface area contributed by atoms with Crippen LogP contribution in [-0.2, 0) is 4.79 Å². The highest BCUT2D eigenvalue weighted by Gasteiger charge is 2.16. The maximum absolute atomic E-state index is 12.2. The molecule has 0 aliphatic heterocycles. The highest BCUT2D eigenvalue weighted by Crippen LogP contribution is 2.22. The molecule has 0 radical (unpaired) electrons. The average Bonchev–Trinajstić information content (AvgIpc) is 2.77. The molecule has 0 bridgehead atoms. The number of carboxylic acid groups (broad SMARTS) is 1. The van der Waals surface area contributed by atoms with E-state index in [1.165, 1.54) is 11.3 Å². The zero-order valence-corrected chi connectivity index (χ0v) is 12.8. The molecule has 2 N–H and O–H groups in total. The normalized spacial score (nSPS) is 12.0. The molecule has 0 saturated carbocycles. The molecule has 0 spiro atoms. The number of aromatic nitrogens is 1. The highest BCUT2D eigenvalue weighted by atomic mass is 32.1. The molecule has 0 fully saturated rings. The maximum Gasteiger partial charge on any atom is 0.310 e. The average molecular weight is 304 g/mol. The molecule has 6 heteroatoms. The molecular weight excluding hydrogens is 288 g/mol. The summed E-state index contributed by atoms with van der Waals surface area (Å²) in [6.45, 7) is 5.25. The molecular formula is C15H16N2O3S. The first-order valence-corrected chi connectivity index (χ1v) is 7.28. The van der Waals surface area contributed by atoms with E-state index < -0.39 is 11.9 Å². The molecule has 1 amide bonds. The summed E-state index contributed by atoms with van der Waals surface area (Å²) in [5.74, 6) is -1.74. The first-order chi connectivity index (χ1) is 9.88. The van der Waals surface area contributed by atoms with Gasteiger partial charge in [0.15, 0.2) is 0 Å². The molecule has 110 valence electrons. The van der Waals surface area contributed by atoms with Crippen LogP contribution in [-0.4, -0.2) is 22.0 Å². The second-order valence-corrected chi connectivity index (χ2v) is 5.99. The van der Waals surface area contributed by atoms with Gasteiger partial charge in [-0.25, -0.2) is 4.98 Å². The summed E-state index contributed by atoms with van der Waals surface area (Å²) < 4.78 is 0. The minimum Gasteiger partial charge on any atom is -0.481 e. The summed E-state index contributed by atoms with van der Waals surface area (Å²) in [5, 5.41) is 12.7. The zero-order chi connectivity index (χ0) is 15.6. The van der Waals surface area contributed by atoms with E-state index in [1.807, 2.05) is 6.92 Å². The standard InChI is InChI=1S/C15H16N2O3S/c1-8(15(19)20)11-5-4-6-12(7-11)17-14(18)13-9(2)16-10(3)21-13/h4-8H,1-3H3,(H,17,18)(H,19,20). The van der Waals surface area contributed by atoms with Gasteiger partial charge in [-0.05, 0) is 38.5 Å². The number of carboxylic acids is 1. The number of rotatable bonds is 4. The van der Waals surface area contributed by atoms with Gasteiger partial charge in [0.1, 0.15) is 4.88 Å². The molecule has 1 aromatic carbocycles. The van der Waals surface area contributed by atoms with E-state index in [1.54, 1.807) is 38.1 Å². The molecule has 1 unspecified atom stereocenters. The summed E-state index contributed by atoms with van der Waals surface area (Å²) >= 11 is 1.34. The van der Waals surface area contributed by atoms with Crippen molar-refractivity contribution in [3.8, 4) is 0 Å². The smallest absolute Gasteiger partial charge is 0.310 e. The Labute approximate surface area is 126 Å². The van der Waals surface area contributed by atoms with Gasteiger partial charge in [0.25, 0.3) is 5.91 Å². The third-order valence-corrected chi connectivity index (χ3v) is 4.20. The summed E-state index contributed by atoms with van der Waals surface area (Å²) in [5.41, 5.74) is 1.93. The molecule has 21 heavy (non-hydrogen) atoms. The van der Waals surface area contributed by atoms with E-state index in [0.717, 1.165) is 5.01 Å². The quantitative estimate of drug-likeness (QED) is 0.909. The summed E-state index contributed by atoms with van der Waals surface area (Å²) in [6.07, 6.45) is 0. The molecule has 2 aromatic rings. The number of aryl methyl sites for hydroxylation is 2. The summed E-state index contributed by atoms with van der Waals surface area (Å²) in [6, 6.07) is 6.88. The number of nitrogens with one attached hydrogen (secondary N) is 1. The van der Waals surface area contributed by atoms with Crippen LogP contribution in [0.25, 0.3) is 0 Å². The predicted molar refractivity (Wildman–Crippen MR) is 82.0 cm³/mol. The lowest BCUT2D eigenvalue weighted by molar-refractivity contribution is -0.138. The minimum atomic E-state index is -0.896. The van der Waals surface area contributed by atoms with E-state index in [4.69, 9.17) is 5.11 Å². The van der Waals surface area contributed by atoms with Gasteiger partial charge in [0.2, 0.25) is 0 Å². The number of nitrogens with zero attached hydrogens (tertiary/aromatic N) is 1. The number of benzene rings is 1. The molecule has 1 aromatic heterocycles. The van der Waals surface area contributed by atoms with Crippen molar-refractivity contribution < 1.29 is 14.7 Å². The Morgan fingerprint density at radius 3 is 2.62 bits per heavy atom. The summed E-state index contributed by atoms with van der Waals surface area (Å²) in [4.78, 5) is 28.0. The van der Waals surface area contributed by atoms with Gasteiger partial charge in [-0.2, -0.15) is 0 Å². The van der Waals surface area contributed by atoms with Crippen molar-refractivity contribution in [2.24, 2.45) is 0 Å². The van der Waals surface area contributed by atoms with Crippen LogP contribution in [0.3, 0.4) is 0 Å². The van der Waals surface area contributed by atoms with Crippen molar-refractivity contribution in [3.63, 3.8) is 0 Å². The van der Waals surface area contributed by atoms with Crippen LogP contribution >= 0.6 is 11.3 Å². The lowest BCUT2D eigenvalue weighted by atomic mass is 10.0. The molecule has 0 aliphatic rings. The number of aliphatic carboxylic acids is 1. The Morgan fingerprint density at radius 2 is 2.05 bits per heavy atom. The molecule has 5 nitrogen and oxygen atoms in total. The second kappa shape index (κ2) is 6.05. The lowest BCUT2D eigenvalue weighted by Crippen LogP contribution is -2.12. The van der Waals surface area contributed by atoms with E-state index in [0.29, 0.717) is 21.8 Å². The third kappa shape index (κ3) is 3.46. The van der Waals surface area contributed by atoms with E-state index >= 15 is 0 Å². The summed E-state index contributed by atoms with van der Waals surface area (Å²) in [7, 11) is 0. The van der Waals surface area contributed by atoms with E-state index in [2.05, 4.69) is 10.3 Å². The van der Waals surface area contributed by atoms with Gasteiger partial charge < -0.3 is 10.4 Å². The Hall–Kier alpha value is -2.21. The molecule has 1 atom stereocenters. The van der Waals surface area contributed by atoms with Crippen LogP contribution < -0.4 is 5.32 Å². The predicted octanol–water partition coefficient (Wildman–Crippen LogP) is 3.20. The SMILES string of the molecule is Cc1nc(C)c(C(=O)Nc2cccc(C(C)C(=O)O)c2)s1. The third-order valence-electron chi connectivity index (χ3n) is 3.12. The number of hydrogen-bond acceptors (Lipinski definition) is 4.